The summed E-state index contributed by atoms with van der Waals surface area (Å²) in [6.45, 7) is 0.301. The molecule has 0 saturated heterocycles. The zero-order valence-corrected chi connectivity index (χ0v) is 10.6. The summed E-state index contributed by atoms with van der Waals surface area (Å²) in [6.07, 6.45) is 0. The Morgan fingerprint density at radius 2 is 2.05 bits per heavy atom. The van der Waals surface area contributed by atoms with Crippen LogP contribution in [-0.2, 0) is 6.54 Å². The Bertz CT molecular complexity index is 729. The van der Waals surface area contributed by atoms with Gasteiger partial charge in [0.05, 0.1) is 11.4 Å². The molecule has 4 nitrogen and oxygen atoms in total. The summed E-state index contributed by atoms with van der Waals surface area (Å²) in [5.74, 6) is -0.336. The van der Waals surface area contributed by atoms with Crippen molar-refractivity contribution in [3.05, 3.63) is 63.7 Å². The van der Waals surface area contributed by atoms with E-state index in [1.165, 1.54) is 28.0 Å². The van der Waals surface area contributed by atoms with E-state index in [1.807, 2.05) is 17.5 Å². The molecule has 1 aromatic carbocycles. The molecule has 0 radical (unpaired) electrons. The molecule has 0 unspecified atom stereocenters. The van der Waals surface area contributed by atoms with Gasteiger partial charge in [0.25, 0.3) is 0 Å². The lowest BCUT2D eigenvalue weighted by atomic mass is 10.2. The maximum atomic E-state index is 12.8. The maximum Gasteiger partial charge on any atom is 0.442 e. The highest BCUT2D eigenvalue weighted by atomic mass is 32.1. The quantitative estimate of drug-likeness (QED) is 0.739. The summed E-state index contributed by atoms with van der Waals surface area (Å²) < 4.78 is 19.0. The molecule has 0 aliphatic heterocycles. The second-order valence-electron chi connectivity index (χ2n) is 3.96. The molecule has 0 N–H and O–H groups in total. The van der Waals surface area contributed by atoms with E-state index in [0.29, 0.717) is 12.4 Å². The molecule has 0 aliphatic carbocycles. The Kier molecular flexibility index (Phi) is 3.00. The van der Waals surface area contributed by atoms with E-state index in [-0.39, 0.29) is 5.82 Å². The zero-order chi connectivity index (χ0) is 13.2. The Morgan fingerprint density at radius 3 is 2.74 bits per heavy atom. The van der Waals surface area contributed by atoms with Gasteiger partial charge < -0.3 is 0 Å². The molecule has 0 atom stereocenters. The van der Waals surface area contributed by atoms with Crippen molar-refractivity contribution in [1.29, 1.82) is 0 Å². The number of rotatable bonds is 3. The van der Waals surface area contributed by atoms with Gasteiger partial charge in [0.2, 0.25) is 0 Å². The monoisotopic (exact) mass is 276 g/mol. The Balaban J connectivity index is 1.99. The second kappa shape index (κ2) is 4.81. The predicted molar refractivity (Wildman–Crippen MR) is 69.6 cm³/mol. The van der Waals surface area contributed by atoms with Crippen molar-refractivity contribution in [3.63, 3.8) is 0 Å². The maximum absolute atomic E-state index is 12.8. The third kappa shape index (κ3) is 2.34. The first-order valence-electron chi connectivity index (χ1n) is 5.59. The van der Waals surface area contributed by atoms with Crippen molar-refractivity contribution < 1.29 is 8.91 Å². The molecular formula is C13H9FN2O2S. The molecule has 19 heavy (non-hydrogen) atoms. The topological polar surface area (TPSA) is 48.0 Å². The van der Waals surface area contributed by atoms with Crippen molar-refractivity contribution >= 4 is 11.3 Å². The molecule has 0 fully saturated rings. The summed E-state index contributed by atoms with van der Waals surface area (Å²) in [7, 11) is 0. The Morgan fingerprint density at radius 1 is 1.26 bits per heavy atom. The first-order chi connectivity index (χ1) is 9.24. The fourth-order valence-corrected chi connectivity index (χ4v) is 2.48. The van der Waals surface area contributed by atoms with E-state index in [4.69, 9.17) is 4.52 Å². The summed E-state index contributed by atoms with van der Waals surface area (Å²) in [6, 6.07) is 9.72. The fraction of sp³-hybridized carbons (Fsp3) is 0.0769. The van der Waals surface area contributed by atoms with E-state index in [1.54, 1.807) is 12.1 Å². The van der Waals surface area contributed by atoms with Crippen LogP contribution in [0, 0.1) is 5.82 Å². The van der Waals surface area contributed by atoms with Crippen molar-refractivity contribution in [1.82, 2.24) is 9.72 Å². The number of nitrogens with zero attached hydrogens (tertiary/aromatic N) is 2. The van der Waals surface area contributed by atoms with Gasteiger partial charge in [0, 0.05) is 0 Å². The summed E-state index contributed by atoms with van der Waals surface area (Å²) in [5.41, 5.74) is 0.810. The molecule has 0 amide bonds. The van der Waals surface area contributed by atoms with Crippen LogP contribution in [0.25, 0.3) is 10.7 Å². The summed E-state index contributed by atoms with van der Waals surface area (Å²) >= 11 is 1.47. The molecule has 6 heteroatoms. The number of aromatic nitrogens is 2. The number of thiophene rings is 1. The highest BCUT2D eigenvalue weighted by molar-refractivity contribution is 7.13. The molecule has 0 spiro atoms. The second-order valence-corrected chi connectivity index (χ2v) is 4.91. The van der Waals surface area contributed by atoms with Gasteiger partial charge >= 0.3 is 5.76 Å². The van der Waals surface area contributed by atoms with E-state index < -0.39 is 5.76 Å². The molecule has 2 heterocycles. The van der Waals surface area contributed by atoms with E-state index >= 15 is 0 Å². The minimum Gasteiger partial charge on any atom is -0.295 e. The van der Waals surface area contributed by atoms with Crippen LogP contribution >= 0.6 is 11.3 Å². The van der Waals surface area contributed by atoms with Gasteiger partial charge in [-0.1, -0.05) is 23.4 Å². The lowest BCUT2D eigenvalue weighted by Gasteiger charge is -2.03. The van der Waals surface area contributed by atoms with Crippen LogP contribution in [0.1, 0.15) is 5.56 Å². The van der Waals surface area contributed by atoms with Crippen LogP contribution in [0.4, 0.5) is 4.39 Å². The minimum atomic E-state index is -0.521. The largest absolute Gasteiger partial charge is 0.442 e. The molecule has 96 valence electrons. The average Bonchev–Trinajstić information content (AvgIpc) is 3.03. The van der Waals surface area contributed by atoms with Crippen LogP contribution in [0.15, 0.2) is 51.1 Å². The van der Waals surface area contributed by atoms with Crippen LogP contribution in [0.3, 0.4) is 0 Å². The Labute approximate surface area is 111 Å². The SMILES string of the molecule is O=c1onc(-c2cccs2)n1Cc1ccc(F)cc1. The average molecular weight is 276 g/mol. The number of benzene rings is 1. The third-order valence-corrected chi connectivity index (χ3v) is 3.55. The highest BCUT2D eigenvalue weighted by Gasteiger charge is 2.13. The van der Waals surface area contributed by atoms with Crippen molar-refractivity contribution in [2.24, 2.45) is 0 Å². The minimum absolute atomic E-state index is 0.301. The smallest absolute Gasteiger partial charge is 0.295 e. The molecule has 0 aliphatic rings. The third-order valence-electron chi connectivity index (χ3n) is 2.68. The van der Waals surface area contributed by atoms with Gasteiger partial charge in [-0.15, -0.1) is 11.3 Å². The van der Waals surface area contributed by atoms with E-state index in [0.717, 1.165) is 10.4 Å². The van der Waals surface area contributed by atoms with Crippen molar-refractivity contribution in [3.8, 4) is 10.7 Å². The summed E-state index contributed by atoms with van der Waals surface area (Å²) in [5, 5.41) is 5.68. The molecule has 0 bridgehead atoms. The van der Waals surface area contributed by atoms with Crippen LogP contribution in [0.2, 0.25) is 0 Å². The number of halogens is 1. The van der Waals surface area contributed by atoms with Crippen molar-refractivity contribution in [2.45, 2.75) is 6.54 Å². The molecule has 2 aromatic heterocycles. The van der Waals surface area contributed by atoms with E-state index in [2.05, 4.69) is 5.16 Å². The summed E-state index contributed by atoms with van der Waals surface area (Å²) in [4.78, 5) is 12.5. The fourth-order valence-electron chi connectivity index (χ4n) is 1.76. The normalized spacial score (nSPS) is 10.8. The van der Waals surface area contributed by atoms with Crippen LogP contribution in [0.5, 0.6) is 0 Å². The first-order valence-corrected chi connectivity index (χ1v) is 6.47. The number of hydrogen-bond acceptors (Lipinski definition) is 4. The number of hydrogen-bond donors (Lipinski definition) is 0. The van der Waals surface area contributed by atoms with Crippen molar-refractivity contribution in [2.75, 3.05) is 0 Å². The van der Waals surface area contributed by atoms with Gasteiger partial charge in [-0.2, -0.15) is 0 Å². The van der Waals surface area contributed by atoms with Gasteiger partial charge in [-0.25, -0.2) is 9.18 Å². The highest BCUT2D eigenvalue weighted by Crippen LogP contribution is 2.22. The van der Waals surface area contributed by atoms with Gasteiger partial charge in [-0.3, -0.25) is 9.09 Å². The standard InChI is InChI=1S/C13H9FN2O2S/c14-10-5-3-9(4-6-10)8-16-12(15-18-13(16)17)11-2-1-7-19-11/h1-7H,8H2. The van der Waals surface area contributed by atoms with Gasteiger partial charge in [-0.05, 0) is 29.1 Å². The first kappa shape index (κ1) is 11.9. The Hall–Kier alpha value is -2.21. The van der Waals surface area contributed by atoms with Crippen LogP contribution in [-0.4, -0.2) is 9.72 Å². The van der Waals surface area contributed by atoms with Crippen LogP contribution < -0.4 is 5.76 Å². The lowest BCUT2D eigenvalue weighted by Crippen LogP contribution is -2.16. The zero-order valence-electron chi connectivity index (χ0n) is 9.75. The molecule has 0 saturated carbocycles. The van der Waals surface area contributed by atoms with E-state index in [9.17, 15) is 9.18 Å². The predicted octanol–water partition coefficient (Wildman–Crippen LogP) is 2.75. The van der Waals surface area contributed by atoms with Gasteiger partial charge in [0.15, 0.2) is 5.82 Å². The van der Waals surface area contributed by atoms with Gasteiger partial charge in [0.1, 0.15) is 5.82 Å². The molecule has 3 rings (SSSR count). The molecule has 3 aromatic rings. The lowest BCUT2D eigenvalue weighted by molar-refractivity contribution is 0.378. The molecular weight excluding hydrogens is 267 g/mol.